The number of nitrogens with one attached hydrogen (secondary N) is 1. The zero-order valence-corrected chi connectivity index (χ0v) is 13.7. The van der Waals surface area contributed by atoms with Gasteiger partial charge in [-0.05, 0) is 38.5 Å². The Morgan fingerprint density at radius 3 is 2.71 bits per heavy atom. The third-order valence-corrected chi connectivity index (χ3v) is 3.30. The molecule has 0 aromatic rings. The second kappa shape index (κ2) is 9.00. The van der Waals surface area contributed by atoms with Gasteiger partial charge in [0.15, 0.2) is 5.96 Å². The highest BCUT2D eigenvalue weighted by Gasteiger charge is 2.18. The summed E-state index contributed by atoms with van der Waals surface area (Å²) in [7, 11) is 0. The zero-order chi connectivity index (χ0) is 12.0. The van der Waals surface area contributed by atoms with E-state index >= 15 is 0 Å². The third-order valence-electron chi connectivity index (χ3n) is 3.30. The Morgan fingerprint density at radius 2 is 2.12 bits per heavy atom. The fourth-order valence-electron chi connectivity index (χ4n) is 2.53. The summed E-state index contributed by atoms with van der Waals surface area (Å²) >= 11 is 0. The van der Waals surface area contributed by atoms with Crippen molar-refractivity contribution in [3.05, 3.63) is 0 Å². The van der Waals surface area contributed by atoms with E-state index in [0.29, 0.717) is 12.0 Å². The molecule has 0 heterocycles. The molecule has 3 nitrogen and oxygen atoms in total. The van der Waals surface area contributed by atoms with Crippen LogP contribution >= 0.6 is 24.0 Å². The molecule has 0 aliphatic heterocycles. The monoisotopic (exact) mass is 353 g/mol. The maximum absolute atomic E-state index is 5.76. The largest absolute Gasteiger partial charge is 0.370 e. The highest BCUT2D eigenvalue weighted by atomic mass is 127. The van der Waals surface area contributed by atoms with E-state index in [1.807, 2.05) is 0 Å². The van der Waals surface area contributed by atoms with Crippen molar-refractivity contribution in [3.8, 4) is 0 Å². The molecule has 3 N–H and O–H groups in total. The van der Waals surface area contributed by atoms with Gasteiger partial charge in [0.25, 0.3) is 0 Å². The lowest BCUT2D eigenvalue weighted by Crippen LogP contribution is -2.36. The van der Waals surface area contributed by atoms with E-state index in [0.717, 1.165) is 18.4 Å². The Bertz CT molecular complexity index is 229. The normalized spacial score (nSPS) is 25.5. The van der Waals surface area contributed by atoms with E-state index < -0.39 is 0 Å². The number of nitrogens with zero attached hydrogens (tertiary/aromatic N) is 1. The molecule has 0 amide bonds. The summed E-state index contributed by atoms with van der Waals surface area (Å²) in [5, 5.41) is 3.12. The molecule has 1 rings (SSSR count). The number of rotatable bonds is 4. The van der Waals surface area contributed by atoms with Gasteiger partial charge in [0.2, 0.25) is 0 Å². The van der Waals surface area contributed by atoms with Crippen LogP contribution in [0, 0.1) is 11.8 Å². The summed E-state index contributed by atoms with van der Waals surface area (Å²) in [5.74, 6) is 2.38. The van der Waals surface area contributed by atoms with Crippen LogP contribution in [0.25, 0.3) is 0 Å². The van der Waals surface area contributed by atoms with Crippen molar-refractivity contribution in [1.82, 2.24) is 5.32 Å². The van der Waals surface area contributed by atoms with Gasteiger partial charge in [-0.3, -0.25) is 4.99 Å². The molecule has 0 bridgehead atoms. The fourth-order valence-corrected chi connectivity index (χ4v) is 2.53. The Labute approximate surface area is 123 Å². The SMILES string of the molecule is CC1CCCC(CCN=C(N)NC(C)C)C1.I. The zero-order valence-electron chi connectivity index (χ0n) is 11.4. The molecule has 1 aliphatic rings. The van der Waals surface area contributed by atoms with Gasteiger partial charge in [0.05, 0.1) is 0 Å². The van der Waals surface area contributed by atoms with Crippen LogP contribution in [-0.2, 0) is 0 Å². The van der Waals surface area contributed by atoms with Crippen LogP contribution in [-0.4, -0.2) is 18.5 Å². The molecule has 1 saturated carbocycles. The average Bonchev–Trinajstić information content (AvgIpc) is 2.16. The average molecular weight is 353 g/mol. The van der Waals surface area contributed by atoms with Crippen molar-refractivity contribution in [2.24, 2.45) is 22.6 Å². The number of guanidine groups is 1. The summed E-state index contributed by atoms with van der Waals surface area (Å²) in [6.45, 7) is 7.39. The van der Waals surface area contributed by atoms with Crippen LogP contribution in [0.1, 0.15) is 52.9 Å². The van der Waals surface area contributed by atoms with Gasteiger partial charge >= 0.3 is 0 Å². The van der Waals surface area contributed by atoms with Gasteiger partial charge in [-0.15, -0.1) is 24.0 Å². The molecule has 0 radical (unpaired) electrons. The lowest BCUT2D eigenvalue weighted by Gasteiger charge is -2.26. The van der Waals surface area contributed by atoms with Gasteiger partial charge in [0, 0.05) is 12.6 Å². The van der Waals surface area contributed by atoms with Crippen LogP contribution in [0.5, 0.6) is 0 Å². The minimum absolute atomic E-state index is 0. The summed E-state index contributed by atoms with van der Waals surface area (Å²) in [6.07, 6.45) is 6.78. The predicted molar refractivity (Wildman–Crippen MR) is 85.9 cm³/mol. The minimum atomic E-state index is 0. The van der Waals surface area contributed by atoms with E-state index in [-0.39, 0.29) is 24.0 Å². The predicted octanol–water partition coefficient (Wildman–Crippen LogP) is 3.13. The molecule has 1 aliphatic carbocycles. The van der Waals surface area contributed by atoms with Crippen LogP contribution in [0.15, 0.2) is 4.99 Å². The number of hydrogen-bond acceptors (Lipinski definition) is 1. The lowest BCUT2D eigenvalue weighted by atomic mass is 9.81. The number of halogens is 1. The van der Waals surface area contributed by atoms with Gasteiger partial charge in [-0.25, -0.2) is 0 Å². The first kappa shape index (κ1) is 17.0. The Kier molecular flexibility index (Phi) is 9.00. The molecule has 102 valence electrons. The Morgan fingerprint density at radius 1 is 1.41 bits per heavy atom. The molecule has 1 fully saturated rings. The quantitative estimate of drug-likeness (QED) is 0.464. The Balaban J connectivity index is 0.00000256. The maximum atomic E-state index is 5.76. The van der Waals surface area contributed by atoms with Crippen LogP contribution in [0.4, 0.5) is 0 Å². The second-order valence-corrected chi connectivity index (χ2v) is 5.49. The molecular weight excluding hydrogens is 325 g/mol. The van der Waals surface area contributed by atoms with Crippen molar-refractivity contribution < 1.29 is 0 Å². The highest BCUT2D eigenvalue weighted by Crippen LogP contribution is 2.30. The van der Waals surface area contributed by atoms with Crippen LogP contribution in [0.2, 0.25) is 0 Å². The number of hydrogen-bond donors (Lipinski definition) is 2. The third kappa shape index (κ3) is 7.84. The summed E-state index contributed by atoms with van der Waals surface area (Å²) in [5.41, 5.74) is 5.76. The summed E-state index contributed by atoms with van der Waals surface area (Å²) < 4.78 is 0. The second-order valence-electron chi connectivity index (χ2n) is 5.49. The van der Waals surface area contributed by atoms with Crippen molar-refractivity contribution in [2.45, 2.75) is 58.9 Å². The molecular formula is C13H28IN3. The molecule has 0 spiro atoms. The summed E-state index contributed by atoms with van der Waals surface area (Å²) in [6, 6.07) is 0.374. The summed E-state index contributed by atoms with van der Waals surface area (Å²) in [4.78, 5) is 4.37. The first-order valence-corrected chi connectivity index (χ1v) is 6.64. The van der Waals surface area contributed by atoms with E-state index in [9.17, 15) is 0 Å². The van der Waals surface area contributed by atoms with Gasteiger partial charge in [-0.2, -0.15) is 0 Å². The van der Waals surface area contributed by atoms with Gasteiger partial charge in [-0.1, -0.05) is 26.2 Å². The fraction of sp³-hybridized carbons (Fsp3) is 0.923. The van der Waals surface area contributed by atoms with Crippen molar-refractivity contribution in [3.63, 3.8) is 0 Å². The van der Waals surface area contributed by atoms with E-state index in [2.05, 4.69) is 31.1 Å². The van der Waals surface area contributed by atoms with Crippen molar-refractivity contribution >= 4 is 29.9 Å². The lowest BCUT2D eigenvalue weighted by molar-refractivity contribution is 0.272. The smallest absolute Gasteiger partial charge is 0.188 e. The van der Waals surface area contributed by atoms with E-state index in [1.165, 1.54) is 32.1 Å². The molecule has 0 aromatic carbocycles. The van der Waals surface area contributed by atoms with Crippen molar-refractivity contribution in [2.75, 3.05) is 6.54 Å². The topological polar surface area (TPSA) is 50.4 Å². The van der Waals surface area contributed by atoms with Crippen molar-refractivity contribution in [1.29, 1.82) is 0 Å². The minimum Gasteiger partial charge on any atom is -0.370 e. The molecule has 2 unspecified atom stereocenters. The molecule has 0 saturated heterocycles. The van der Waals surface area contributed by atoms with Gasteiger partial charge in [0.1, 0.15) is 0 Å². The molecule has 4 heteroatoms. The standard InChI is InChI=1S/C13H27N3.HI/c1-10(2)16-13(14)15-8-7-12-6-4-5-11(3)9-12;/h10-12H,4-9H2,1-3H3,(H3,14,15,16);1H. The first-order chi connectivity index (χ1) is 7.58. The first-order valence-electron chi connectivity index (χ1n) is 6.64. The molecule has 17 heavy (non-hydrogen) atoms. The van der Waals surface area contributed by atoms with Crippen LogP contribution < -0.4 is 11.1 Å². The van der Waals surface area contributed by atoms with E-state index in [4.69, 9.17) is 5.73 Å². The number of nitrogens with two attached hydrogens (primary N) is 1. The maximum Gasteiger partial charge on any atom is 0.188 e. The van der Waals surface area contributed by atoms with E-state index in [1.54, 1.807) is 0 Å². The Hall–Kier alpha value is 0. The number of aliphatic imine (C=N–C) groups is 1. The van der Waals surface area contributed by atoms with Crippen LogP contribution in [0.3, 0.4) is 0 Å². The highest BCUT2D eigenvalue weighted by molar-refractivity contribution is 14.0. The van der Waals surface area contributed by atoms with Gasteiger partial charge < -0.3 is 11.1 Å². The molecule has 2 atom stereocenters. The molecule has 0 aromatic heterocycles.